The molecule has 1 aromatic rings. The van der Waals surface area contributed by atoms with Gasteiger partial charge in [-0.3, -0.25) is 0 Å². The van der Waals surface area contributed by atoms with E-state index in [1.807, 2.05) is 6.07 Å². The Balaban J connectivity index is 2.71. The summed E-state index contributed by atoms with van der Waals surface area (Å²) in [4.78, 5) is 3.70. The maximum absolute atomic E-state index is 9.01. The zero-order valence-corrected chi connectivity index (χ0v) is 6.91. The third-order valence-electron chi connectivity index (χ3n) is 1.45. The molecule has 0 amide bonds. The van der Waals surface area contributed by atoms with Gasteiger partial charge in [-0.15, -0.1) is 0 Å². The summed E-state index contributed by atoms with van der Waals surface area (Å²) < 4.78 is 0. The quantitative estimate of drug-likeness (QED) is 0.701. The van der Waals surface area contributed by atoms with Crippen LogP contribution in [0.1, 0.15) is 19.4 Å². The molecule has 0 aliphatic carbocycles. The van der Waals surface area contributed by atoms with Gasteiger partial charge in [-0.1, -0.05) is 13.8 Å². The van der Waals surface area contributed by atoms with Gasteiger partial charge in [0.05, 0.1) is 0 Å². The molecule has 1 heterocycles. The molecule has 1 rings (SSSR count). The molecule has 0 aromatic carbocycles. The molecule has 2 nitrogen and oxygen atoms in total. The average Bonchev–Trinajstić information content (AvgIpc) is 1.85. The molecule has 0 fully saturated rings. The third-order valence-corrected chi connectivity index (χ3v) is 1.45. The number of pyridine rings is 1. The molecule has 11 heavy (non-hydrogen) atoms. The molecule has 60 valence electrons. The Bertz CT molecular complexity index is 233. The molecule has 0 radical (unpaired) electrons. The Morgan fingerprint density at radius 1 is 1.55 bits per heavy atom. The first kappa shape index (κ1) is 8.05. The molecule has 0 saturated heterocycles. The van der Waals surface area contributed by atoms with Crippen LogP contribution in [0, 0.1) is 5.92 Å². The lowest BCUT2D eigenvalue weighted by Crippen LogP contribution is -1.93. The molecule has 0 spiro atoms. The highest BCUT2D eigenvalue weighted by atomic mass is 16.3. The van der Waals surface area contributed by atoms with E-state index < -0.39 is 0 Å². The highest BCUT2D eigenvalue weighted by molar-refractivity contribution is 5.19. The van der Waals surface area contributed by atoms with Crippen molar-refractivity contribution in [3.8, 4) is 5.88 Å². The van der Waals surface area contributed by atoms with Crippen LogP contribution in [0.5, 0.6) is 5.88 Å². The summed E-state index contributed by atoms with van der Waals surface area (Å²) in [5, 5.41) is 9.01. The van der Waals surface area contributed by atoms with Crippen molar-refractivity contribution in [1.82, 2.24) is 4.98 Å². The molecule has 0 unspecified atom stereocenters. The molecule has 0 saturated carbocycles. The summed E-state index contributed by atoms with van der Waals surface area (Å²) in [5.41, 5.74) is 1.15. The standard InChI is InChI=1S/C9H13NO/c1-7(2)5-8-3-4-10-9(11)6-8/h3-4,6-7H,5H2,1-2H3,(H,10,11). The third kappa shape index (κ3) is 2.58. The number of rotatable bonds is 2. The molecule has 0 atom stereocenters. The van der Waals surface area contributed by atoms with E-state index in [1.165, 1.54) is 0 Å². The van der Waals surface area contributed by atoms with E-state index in [4.69, 9.17) is 5.11 Å². The first-order valence-corrected chi connectivity index (χ1v) is 3.82. The van der Waals surface area contributed by atoms with E-state index in [0.29, 0.717) is 5.92 Å². The molecule has 1 N–H and O–H groups in total. The van der Waals surface area contributed by atoms with E-state index in [2.05, 4.69) is 18.8 Å². The van der Waals surface area contributed by atoms with Crippen LogP contribution in [0.2, 0.25) is 0 Å². The molecule has 0 bridgehead atoms. The summed E-state index contributed by atoms with van der Waals surface area (Å²) in [7, 11) is 0. The van der Waals surface area contributed by atoms with Gasteiger partial charge in [-0.2, -0.15) is 0 Å². The highest BCUT2D eigenvalue weighted by Gasteiger charge is 1.97. The fourth-order valence-corrected chi connectivity index (χ4v) is 1.06. The van der Waals surface area contributed by atoms with Crippen LogP contribution in [0.25, 0.3) is 0 Å². The fourth-order valence-electron chi connectivity index (χ4n) is 1.06. The van der Waals surface area contributed by atoms with E-state index in [1.54, 1.807) is 12.3 Å². The van der Waals surface area contributed by atoms with E-state index >= 15 is 0 Å². The van der Waals surface area contributed by atoms with Crippen LogP contribution in [0.4, 0.5) is 0 Å². The van der Waals surface area contributed by atoms with Crippen LogP contribution < -0.4 is 0 Å². The summed E-state index contributed by atoms with van der Waals surface area (Å²) in [6.07, 6.45) is 2.63. The van der Waals surface area contributed by atoms with Crippen molar-refractivity contribution in [2.24, 2.45) is 5.92 Å². The van der Waals surface area contributed by atoms with Gasteiger partial charge in [0.15, 0.2) is 0 Å². The van der Waals surface area contributed by atoms with Gasteiger partial charge < -0.3 is 5.11 Å². The van der Waals surface area contributed by atoms with Crippen molar-refractivity contribution < 1.29 is 5.11 Å². The van der Waals surface area contributed by atoms with E-state index in [9.17, 15) is 0 Å². The second-order valence-electron chi connectivity index (χ2n) is 3.12. The maximum atomic E-state index is 9.01. The van der Waals surface area contributed by atoms with Gasteiger partial charge in [-0.25, -0.2) is 4.98 Å². The average molecular weight is 151 g/mol. The number of aromatic hydroxyl groups is 1. The lowest BCUT2D eigenvalue weighted by atomic mass is 10.0. The lowest BCUT2D eigenvalue weighted by molar-refractivity contribution is 0.452. The monoisotopic (exact) mass is 151 g/mol. The molecule has 0 aliphatic heterocycles. The van der Waals surface area contributed by atoms with Crippen molar-refractivity contribution >= 4 is 0 Å². The number of hydrogen-bond donors (Lipinski definition) is 1. The number of aromatic nitrogens is 1. The Labute approximate surface area is 66.9 Å². The molecular formula is C9H13NO. The minimum Gasteiger partial charge on any atom is -0.493 e. The van der Waals surface area contributed by atoms with Crippen molar-refractivity contribution in [3.63, 3.8) is 0 Å². The van der Waals surface area contributed by atoms with Gasteiger partial charge in [0.25, 0.3) is 0 Å². The van der Waals surface area contributed by atoms with Crippen molar-refractivity contribution in [3.05, 3.63) is 23.9 Å². The number of hydrogen-bond acceptors (Lipinski definition) is 2. The second kappa shape index (κ2) is 3.37. The van der Waals surface area contributed by atoms with Crippen LogP contribution in [0.15, 0.2) is 18.3 Å². The Morgan fingerprint density at radius 2 is 2.27 bits per heavy atom. The Morgan fingerprint density at radius 3 is 2.82 bits per heavy atom. The highest BCUT2D eigenvalue weighted by Crippen LogP contribution is 2.11. The fraction of sp³-hybridized carbons (Fsp3) is 0.444. The summed E-state index contributed by atoms with van der Waals surface area (Å²) in [5.74, 6) is 0.736. The normalized spacial score (nSPS) is 10.5. The summed E-state index contributed by atoms with van der Waals surface area (Å²) in [6, 6.07) is 3.64. The molecular weight excluding hydrogens is 138 g/mol. The van der Waals surface area contributed by atoms with Crippen molar-refractivity contribution in [2.45, 2.75) is 20.3 Å². The van der Waals surface area contributed by atoms with Gasteiger partial charge >= 0.3 is 0 Å². The van der Waals surface area contributed by atoms with Crippen LogP contribution in [-0.4, -0.2) is 10.1 Å². The SMILES string of the molecule is CC(C)Cc1ccnc(O)c1. The van der Waals surface area contributed by atoms with E-state index in [0.717, 1.165) is 12.0 Å². The topological polar surface area (TPSA) is 33.1 Å². The second-order valence-corrected chi connectivity index (χ2v) is 3.12. The minimum absolute atomic E-state index is 0.114. The molecule has 0 aliphatic rings. The lowest BCUT2D eigenvalue weighted by Gasteiger charge is -2.03. The van der Waals surface area contributed by atoms with Crippen LogP contribution in [0.3, 0.4) is 0 Å². The predicted octanol–water partition coefficient (Wildman–Crippen LogP) is 1.99. The smallest absolute Gasteiger partial charge is 0.210 e. The van der Waals surface area contributed by atoms with Gasteiger partial charge in [0.1, 0.15) is 0 Å². The van der Waals surface area contributed by atoms with Crippen molar-refractivity contribution in [2.75, 3.05) is 0 Å². The Hall–Kier alpha value is -1.05. The van der Waals surface area contributed by atoms with E-state index in [-0.39, 0.29) is 5.88 Å². The first-order chi connectivity index (χ1) is 5.18. The summed E-state index contributed by atoms with van der Waals surface area (Å²) >= 11 is 0. The minimum atomic E-state index is 0.114. The maximum Gasteiger partial charge on any atom is 0.210 e. The van der Waals surface area contributed by atoms with Gasteiger partial charge in [0, 0.05) is 12.3 Å². The molecule has 2 heteroatoms. The number of nitrogens with zero attached hydrogens (tertiary/aromatic N) is 1. The van der Waals surface area contributed by atoms with Crippen molar-refractivity contribution in [1.29, 1.82) is 0 Å². The zero-order chi connectivity index (χ0) is 8.27. The first-order valence-electron chi connectivity index (χ1n) is 3.82. The van der Waals surface area contributed by atoms with Crippen LogP contribution in [-0.2, 0) is 6.42 Å². The van der Waals surface area contributed by atoms with Gasteiger partial charge in [-0.05, 0) is 24.0 Å². The largest absolute Gasteiger partial charge is 0.493 e. The van der Waals surface area contributed by atoms with Gasteiger partial charge in [0.2, 0.25) is 5.88 Å². The zero-order valence-electron chi connectivity index (χ0n) is 6.91. The summed E-state index contributed by atoms with van der Waals surface area (Å²) in [6.45, 7) is 4.30. The van der Waals surface area contributed by atoms with Crippen LogP contribution >= 0.6 is 0 Å². The predicted molar refractivity (Wildman–Crippen MR) is 44.4 cm³/mol. The Kier molecular flexibility index (Phi) is 2.47. The molecule has 1 aromatic heterocycles.